The quantitative estimate of drug-likeness (QED) is 0.824. The minimum atomic E-state index is -0.443. The van der Waals surface area contributed by atoms with Crippen molar-refractivity contribution in [3.05, 3.63) is 57.3 Å². The second-order valence-corrected chi connectivity index (χ2v) is 5.78. The lowest BCUT2D eigenvalue weighted by Gasteiger charge is -2.11. The van der Waals surface area contributed by atoms with E-state index < -0.39 is 5.82 Å². The van der Waals surface area contributed by atoms with Gasteiger partial charge < -0.3 is 10.6 Å². The van der Waals surface area contributed by atoms with Crippen molar-refractivity contribution in [2.75, 3.05) is 17.2 Å². The Balaban J connectivity index is 1.99. The van der Waals surface area contributed by atoms with Gasteiger partial charge in [-0.2, -0.15) is 0 Å². The van der Waals surface area contributed by atoms with Crippen LogP contribution in [-0.2, 0) is 4.79 Å². The van der Waals surface area contributed by atoms with Crippen LogP contribution in [0.15, 0.2) is 40.9 Å². The summed E-state index contributed by atoms with van der Waals surface area (Å²) in [5, 5.41) is 5.87. The first-order valence-corrected chi connectivity index (χ1v) is 7.38. The van der Waals surface area contributed by atoms with Crippen molar-refractivity contribution in [2.24, 2.45) is 0 Å². The normalized spacial score (nSPS) is 10.3. The van der Waals surface area contributed by atoms with Gasteiger partial charge in [0, 0.05) is 10.2 Å². The van der Waals surface area contributed by atoms with Crippen LogP contribution in [0.2, 0.25) is 5.02 Å². The standard InChI is InChI=1S/C15H13BrClFN2O/c1-9-3-2-4-11(5-9)20-14(21)8-19-15-12(16)6-10(18)7-13(15)17/h2-7,19H,8H2,1H3,(H,20,21). The first-order valence-electron chi connectivity index (χ1n) is 6.20. The molecule has 0 spiro atoms. The minimum Gasteiger partial charge on any atom is -0.374 e. The summed E-state index contributed by atoms with van der Waals surface area (Å²) in [4.78, 5) is 11.9. The van der Waals surface area contributed by atoms with E-state index in [2.05, 4.69) is 26.6 Å². The third-order valence-corrected chi connectivity index (χ3v) is 3.66. The Kier molecular flexibility index (Phi) is 5.20. The maximum absolute atomic E-state index is 13.1. The van der Waals surface area contributed by atoms with E-state index in [1.54, 1.807) is 0 Å². The Morgan fingerprint density at radius 1 is 1.33 bits per heavy atom. The van der Waals surface area contributed by atoms with Gasteiger partial charge in [0.2, 0.25) is 5.91 Å². The molecule has 21 heavy (non-hydrogen) atoms. The SMILES string of the molecule is Cc1cccc(NC(=O)CNc2c(Cl)cc(F)cc2Br)c1. The summed E-state index contributed by atoms with van der Waals surface area (Å²) in [5.74, 6) is -0.658. The molecular formula is C15H13BrClFN2O. The molecule has 0 aromatic heterocycles. The highest BCUT2D eigenvalue weighted by Crippen LogP contribution is 2.31. The highest BCUT2D eigenvalue weighted by molar-refractivity contribution is 9.10. The molecule has 6 heteroatoms. The number of anilines is 2. The molecule has 0 aliphatic heterocycles. The summed E-state index contributed by atoms with van der Waals surface area (Å²) in [7, 11) is 0. The summed E-state index contributed by atoms with van der Waals surface area (Å²) in [5.41, 5.74) is 2.27. The van der Waals surface area contributed by atoms with E-state index in [9.17, 15) is 9.18 Å². The molecule has 0 aliphatic rings. The van der Waals surface area contributed by atoms with Crippen LogP contribution in [-0.4, -0.2) is 12.5 Å². The lowest BCUT2D eigenvalue weighted by atomic mass is 10.2. The molecule has 0 saturated carbocycles. The number of carbonyl (C=O) groups is 1. The van der Waals surface area contributed by atoms with Crippen molar-refractivity contribution in [1.29, 1.82) is 0 Å². The molecule has 110 valence electrons. The highest BCUT2D eigenvalue weighted by atomic mass is 79.9. The number of halogens is 3. The predicted molar refractivity (Wildman–Crippen MR) is 87.4 cm³/mol. The molecule has 0 fully saturated rings. The smallest absolute Gasteiger partial charge is 0.243 e. The molecule has 2 N–H and O–H groups in total. The number of hydrogen-bond donors (Lipinski definition) is 2. The van der Waals surface area contributed by atoms with Gasteiger partial charge in [-0.1, -0.05) is 23.7 Å². The van der Waals surface area contributed by atoms with E-state index in [4.69, 9.17) is 11.6 Å². The van der Waals surface area contributed by atoms with Gasteiger partial charge in [-0.15, -0.1) is 0 Å². The van der Waals surface area contributed by atoms with E-state index in [1.807, 2.05) is 31.2 Å². The number of hydrogen-bond acceptors (Lipinski definition) is 2. The summed E-state index contributed by atoms with van der Waals surface area (Å²) in [6.07, 6.45) is 0. The molecule has 2 aromatic rings. The molecular weight excluding hydrogens is 359 g/mol. The topological polar surface area (TPSA) is 41.1 Å². The minimum absolute atomic E-state index is 0.0257. The van der Waals surface area contributed by atoms with Crippen molar-refractivity contribution in [2.45, 2.75) is 6.92 Å². The Bertz CT molecular complexity index is 655. The van der Waals surface area contributed by atoms with Crippen molar-refractivity contribution in [3.8, 4) is 0 Å². The second-order valence-electron chi connectivity index (χ2n) is 4.52. The van der Waals surface area contributed by atoms with Gasteiger partial charge in [0.05, 0.1) is 17.3 Å². The maximum Gasteiger partial charge on any atom is 0.243 e. The molecule has 1 amide bonds. The number of aryl methyl sites for hydroxylation is 1. The molecule has 2 aromatic carbocycles. The third kappa shape index (κ3) is 4.44. The van der Waals surface area contributed by atoms with E-state index in [1.165, 1.54) is 12.1 Å². The van der Waals surface area contributed by atoms with Gasteiger partial charge in [-0.05, 0) is 52.7 Å². The van der Waals surface area contributed by atoms with Crippen LogP contribution in [0.1, 0.15) is 5.56 Å². The van der Waals surface area contributed by atoms with Gasteiger partial charge >= 0.3 is 0 Å². The van der Waals surface area contributed by atoms with Crippen molar-refractivity contribution < 1.29 is 9.18 Å². The van der Waals surface area contributed by atoms with Crippen LogP contribution in [0.3, 0.4) is 0 Å². The molecule has 3 nitrogen and oxygen atoms in total. The van der Waals surface area contributed by atoms with Crippen LogP contribution in [0, 0.1) is 12.7 Å². The number of nitrogens with one attached hydrogen (secondary N) is 2. The Labute approximate surface area is 135 Å². The van der Waals surface area contributed by atoms with Crippen molar-refractivity contribution >= 4 is 44.8 Å². The Hall–Kier alpha value is -1.59. The average Bonchev–Trinajstić information content (AvgIpc) is 2.37. The number of carbonyl (C=O) groups excluding carboxylic acids is 1. The van der Waals surface area contributed by atoms with E-state index >= 15 is 0 Å². The largest absolute Gasteiger partial charge is 0.374 e. The van der Waals surface area contributed by atoms with E-state index in [0.29, 0.717) is 10.2 Å². The monoisotopic (exact) mass is 370 g/mol. The van der Waals surface area contributed by atoms with Gasteiger partial charge in [0.25, 0.3) is 0 Å². The summed E-state index contributed by atoms with van der Waals surface area (Å²) >= 11 is 9.14. The zero-order valence-electron chi connectivity index (χ0n) is 11.2. The Morgan fingerprint density at radius 2 is 2.10 bits per heavy atom. The molecule has 0 bridgehead atoms. The van der Waals surface area contributed by atoms with Crippen LogP contribution < -0.4 is 10.6 Å². The summed E-state index contributed by atoms with van der Waals surface area (Å²) < 4.78 is 13.6. The van der Waals surface area contributed by atoms with Gasteiger partial charge in [0.15, 0.2) is 0 Å². The Morgan fingerprint density at radius 3 is 2.76 bits per heavy atom. The highest BCUT2D eigenvalue weighted by Gasteiger charge is 2.10. The van der Waals surface area contributed by atoms with Crippen LogP contribution in [0.25, 0.3) is 0 Å². The van der Waals surface area contributed by atoms with Crippen molar-refractivity contribution in [3.63, 3.8) is 0 Å². The summed E-state index contributed by atoms with van der Waals surface area (Å²) in [6.45, 7) is 1.97. The molecule has 0 aliphatic carbocycles. The second kappa shape index (κ2) is 6.91. The first kappa shape index (κ1) is 15.8. The van der Waals surface area contributed by atoms with Gasteiger partial charge in [-0.25, -0.2) is 4.39 Å². The molecule has 0 radical (unpaired) electrons. The average molecular weight is 372 g/mol. The van der Waals surface area contributed by atoms with Gasteiger partial charge in [0.1, 0.15) is 5.82 Å². The fourth-order valence-electron chi connectivity index (χ4n) is 1.81. The maximum atomic E-state index is 13.1. The fourth-order valence-corrected chi connectivity index (χ4v) is 2.77. The number of benzene rings is 2. The van der Waals surface area contributed by atoms with Gasteiger partial charge in [-0.3, -0.25) is 4.79 Å². The molecule has 0 unspecified atom stereocenters. The van der Waals surface area contributed by atoms with E-state index in [0.717, 1.165) is 11.3 Å². The lowest BCUT2D eigenvalue weighted by molar-refractivity contribution is -0.114. The third-order valence-electron chi connectivity index (χ3n) is 2.73. The molecule has 2 rings (SSSR count). The van der Waals surface area contributed by atoms with Crippen LogP contribution in [0.4, 0.5) is 15.8 Å². The zero-order valence-corrected chi connectivity index (χ0v) is 13.6. The van der Waals surface area contributed by atoms with E-state index in [-0.39, 0.29) is 17.5 Å². The predicted octanol–water partition coefficient (Wildman–Crippen LogP) is 4.60. The summed E-state index contributed by atoms with van der Waals surface area (Å²) in [6, 6.07) is 9.97. The molecule has 0 atom stereocenters. The van der Waals surface area contributed by atoms with Crippen LogP contribution in [0.5, 0.6) is 0 Å². The number of rotatable bonds is 4. The fraction of sp³-hybridized carbons (Fsp3) is 0.133. The molecule has 0 saturated heterocycles. The lowest BCUT2D eigenvalue weighted by Crippen LogP contribution is -2.22. The number of amides is 1. The first-order chi connectivity index (χ1) is 9.95. The van der Waals surface area contributed by atoms with Crippen molar-refractivity contribution in [1.82, 2.24) is 0 Å². The van der Waals surface area contributed by atoms with Crippen LogP contribution >= 0.6 is 27.5 Å². The zero-order chi connectivity index (χ0) is 15.4. The molecule has 0 heterocycles.